The third-order valence-corrected chi connectivity index (χ3v) is 3.10. The molecule has 3 heteroatoms. The first-order valence-electron chi connectivity index (χ1n) is 7.52. The zero-order chi connectivity index (χ0) is 15.0. The molecule has 0 radical (unpaired) electrons. The van der Waals surface area contributed by atoms with Crippen molar-refractivity contribution in [3.05, 3.63) is 23.4 Å². The number of nitrogens with one attached hydrogen (secondary N) is 1. The molecule has 110 valence electrons. The Morgan fingerprint density at radius 2 is 2.10 bits per heavy atom. The summed E-state index contributed by atoms with van der Waals surface area (Å²) in [6.45, 7) is 11.0. The summed E-state index contributed by atoms with van der Waals surface area (Å²) in [6.07, 6.45) is 7.48. The number of nitrogens with zero attached hydrogens (tertiary/aromatic N) is 2. The molecule has 0 unspecified atom stereocenters. The molecule has 0 bridgehead atoms. The van der Waals surface area contributed by atoms with E-state index in [1.54, 1.807) is 0 Å². The van der Waals surface area contributed by atoms with Gasteiger partial charge in [-0.3, -0.25) is 0 Å². The second-order valence-corrected chi connectivity index (χ2v) is 5.34. The Morgan fingerprint density at radius 1 is 1.35 bits per heavy atom. The number of aryl methyl sites for hydroxylation is 1. The Labute approximate surface area is 123 Å². The summed E-state index contributed by atoms with van der Waals surface area (Å²) in [5, 5.41) is 3.46. The highest BCUT2D eigenvalue weighted by Crippen LogP contribution is 2.16. The Kier molecular flexibility index (Phi) is 7.11. The summed E-state index contributed by atoms with van der Waals surface area (Å²) < 4.78 is 0. The lowest BCUT2D eigenvalue weighted by Crippen LogP contribution is -2.26. The minimum atomic E-state index is 0.481. The number of hydrogen-bond acceptors (Lipinski definition) is 3. The maximum absolute atomic E-state index is 5.47. The van der Waals surface area contributed by atoms with Gasteiger partial charge in [-0.2, -0.15) is 0 Å². The number of terminal acetylenes is 1. The molecule has 0 aliphatic rings. The smallest absolute Gasteiger partial charge is 0.129 e. The molecule has 1 heterocycles. The molecule has 0 aliphatic carbocycles. The van der Waals surface area contributed by atoms with Crippen LogP contribution in [0.3, 0.4) is 0 Å². The summed E-state index contributed by atoms with van der Waals surface area (Å²) in [5.41, 5.74) is 2.40. The fourth-order valence-corrected chi connectivity index (χ4v) is 2.06. The van der Waals surface area contributed by atoms with Crippen LogP contribution < -0.4 is 10.2 Å². The van der Waals surface area contributed by atoms with Crippen LogP contribution in [0.1, 0.15) is 45.4 Å². The average molecular weight is 273 g/mol. The van der Waals surface area contributed by atoms with E-state index in [9.17, 15) is 0 Å². The van der Waals surface area contributed by atoms with Crippen molar-refractivity contribution in [3.8, 4) is 12.3 Å². The van der Waals surface area contributed by atoms with Crippen molar-refractivity contribution >= 4 is 5.82 Å². The predicted molar refractivity (Wildman–Crippen MR) is 86.9 cm³/mol. The molecule has 1 aromatic rings. The first kappa shape index (κ1) is 16.5. The Balaban J connectivity index is 2.98. The van der Waals surface area contributed by atoms with Crippen LogP contribution in [0.15, 0.2) is 12.1 Å². The molecule has 1 rings (SSSR count). The highest BCUT2D eigenvalue weighted by atomic mass is 15.2. The normalized spacial score (nSPS) is 10.6. The van der Waals surface area contributed by atoms with Crippen molar-refractivity contribution in [1.82, 2.24) is 10.3 Å². The fourth-order valence-electron chi connectivity index (χ4n) is 2.06. The molecule has 0 amide bonds. The second-order valence-electron chi connectivity index (χ2n) is 5.34. The molecule has 1 aromatic heterocycles. The number of anilines is 1. The summed E-state index contributed by atoms with van der Waals surface area (Å²) in [5.74, 6) is 3.73. The van der Waals surface area contributed by atoms with Crippen LogP contribution >= 0.6 is 0 Å². The SMILES string of the molecule is C#CCN(CCC)c1cc(CNC(C)C)cc(CC)n1. The third-order valence-electron chi connectivity index (χ3n) is 3.10. The lowest BCUT2D eigenvalue weighted by Gasteiger charge is -2.22. The summed E-state index contributed by atoms with van der Waals surface area (Å²) in [6, 6.07) is 4.81. The van der Waals surface area contributed by atoms with Crippen LogP contribution in [0.25, 0.3) is 0 Å². The van der Waals surface area contributed by atoms with Crippen LogP contribution in [0, 0.1) is 12.3 Å². The van der Waals surface area contributed by atoms with Gasteiger partial charge in [0, 0.05) is 24.8 Å². The van der Waals surface area contributed by atoms with E-state index >= 15 is 0 Å². The maximum atomic E-state index is 5.47. The average Bonchev–Trinajstić information content (AvgIpc) is 2.44. The van der Waals surface area contributed by atoms with Crippen LogP contribution in [-0.2, 0) is 13.0 Å². The van der Waals surface area contributed by atoms with Crippen molar-refractivity contribution in [2.45, 2.75) is 53.1 Å². The molecule has 20 heavy (non-hydrogen) atoms. The molecular formula is C17H27N3. The number of pyridine rings is 1. The van der Waals surface area contributed by atoms with Crippen LogP contribution in [0.5, 0.6) is 0 Å². The Morgan fingerprint density at radius 3 is 2.65 bits per heavy atom. The predicted octanol–water partition coefficient (Wildman–Crippen LogP) is 2.99. The zero-order valence-electron chi connectivity index (χ0n) is 13.2. The Hall–Kier alpha value is -1.53. The molecule has 0 atom stereocenters. The van der Waals surface area contributed by atoms with Gasteiger partial charge in [0.15, 0.2) is 0 Å². The standard InChI is InChI=1S/C17H27N3/c1-6-9-20(10-7-2)17-12-15(13-18-14(4)5)11-16(8-3)19-17/h1,11-12,14,18H,7-10,13H2,2-5H3. The highest BCUT2D eigenvalue weighted by molar-refractivity contribution is 5.44. The van der Waals surface area contributed by atoms with E-state index in [2.05, 4.69) is 56.0 Å². The van der Waals surface area contributed by atoms with E-state index in [1.165, 1.54) is 5.56 Å². The van der Waals surface area contributed by atoms with Gasteiger partial charge in [0.2, 0.25) is 0 Å². The van der Waals surface area contributed by atoms with Crippen molar-refractivity contribution in [2.24, 2.45) is 0 Å². The second kappa shape index (κ2) is 8.60. The lowest BCUT2D eigenvalue weighted by atomic mass is 10.1. The first-order valence-corrected chi connectivity index (χ1v) is 7.52. The van der Waals surface area contributed by atoms with E-state index in [0.29, 0.717) is 12.6 Å². The van der Waals surface area contributed by atoms with Gasteiger partial charge < -0.3 is 10.2 Å². The van der Waals surface area contributed by atoms with Gasteiger partial charge in [-0.1, -0.05) is 33.6 Å². The van der Waals surface area contributed by atoms with E-state index in [4.69, 9.17) is 11.4 Å². The van der Waals surface area contributed by atoms with Gasteiger partial charge in [0.1, 0.15) is 5.82 Å². The monoisotopic (exact) mass is 273 g/mol. The van der Waals surface area contributed by atoms with Crippen molar-refractivity contribution in [3.63, 3.8) is 0 Å². The minimum Gasteiger partial charge on any atom is -0.345 e. The summed E-state index contributed by atoms with van der Waals surface area (Å²) in [7, 11) is 0. The Bertz CT molecular complexity index is 446. The zero-order valence-corrected chi connectivity index (χ0v) is 13.2. The largest absolute Gasteiger partial charge is 0.345 e. The van der Waals surface area contributed by atoms with Gasteiger partial charge >= 0.3 is 0 Å². The number of aromatic nitrogens is 1. The van der Waals surface area contributed by atoms with E-state index < -0.39 is 0 Å². The van der Waals surface area contributed by atoms with E-state index in [-0.39, 0.29) is 0 Å². The van der Waals surface area contributed by atoms with Crippen LogP contribution in [0.2, 0.25) is 0 Å². The van der Waals surface area contributed by atoms with Crippen molar-refractivity contribution < 1.29 is 0 Å². The van der Waals surface area contributed by atoms with Crippen molar-refractivity contribution in [1.29, 1.82) is 0 Å². The first-order chi connectivity index (χ1) is 9.60. The topological polar surface area (TPSA) is 28.2 Å². The van der Waals surface area contributed by atoms with Crippen LogP contribution in [0.4, 0.5) is 5.82 Å². The van der Waals surface area contributed by atoms with Crippen LogP contribution in [-0.4, -0.2) is 24.1 Å². The maximum Gasteiger partial charge on any atom is 0.129 e. The molecule has 0 fully saturated rings. The van der Waals surface area contributed by atoms with E-state index in [1.807, 2.05) is 0 Å². The molecule has 0 aromatic carbocycles. The highest BCUT2D eigenvalue weighted by Gasteiger charge is 2.09. The molecule has 0 aliphatic heterocycles. The van der Waals surface area contributed by atoms with Gasteiger partial charge in [0.25, 0.3) is 0 Å². The molecule has 0 saturated heterocycles. The van der Waals surface area contributed by atoms with Gasteiger partial charge in [0.05, 0.1) is 6.54 Å². The summed E-state index contributed by atoms with van der Waals surface area (Å²) in [4.78, 5) is 6.90. The van der Waals surface area contributed by atoms with Gasteiger partial charge in [-0.15, -0.1) is 6.42 Å². The number of rotatable bonds is 8. The molecule has 1 N–H and O–H groups in total. The molecule has 3 nitrogen and oxygen atoms in total. The van der Waals surface area contributed by atoms with Crippen molar-refractivity contribution in [2.75, 3.05) is 18.0 Å². The molecule has 0 spiro atoms. The number of hydrogen-bond donors (Lipinski definition) is 1. The third kappa shape index (κ3) is 5.22. The lowest BCUT2D eigenvalue weighted by molar-refractivity contribution is 0.588. The molecular weight excluding hydrogens is 246 g/mol. The quantitative estimate of drug-likeness (QED) is 0.738. The van der Waals surface area contributed by atoms with E-state index in [0.717, 1.165) is 37.4 Å². The fraction of sp³-hybridized carbons (Fsp3) is 0.588. The minimum absolute atomic E-state index is 0.481. The van der Waals surface area contributed by atoms with Gasteiger partial charge in [-0.25, -0.2) is 4.98 Å². The molecule has 0 saturated carbocycles. The van der Waals surface area contributed by atoms with Gasteiger partial charge in [-0.05, 0) is 30.5 Å². The summed E-state index contributed by atoms with van der Waals surface area (Å²) >= 11 is 0.